The summed E-state index contributed by atoms with van der Waals surface area (Å²) in [4.78, 5) is 10.3. The normalized spacial score (nSPS) is 20.2. The van der Waals surface area contributed by atoms with Crippen molar-refractivity contribution in [3.05, 3.63) is 51.0 Å². The molecule has 152 valence electrons. The summed E-state index contributed by atoms with van der Waals surface area (Å²) in [6.07, 6.45) is 3.35. The fraction of sp³-hybridized carbons (Fsp3) is 0.545. The molecule has 1 aromatic heterocycles. The first-order chi connectivity index (χ1) is 13.6. The first kappa shape index (κ1) is 20.8. The van der Waals surface area contributed by atoms with Gasteiger partial charge in [0, 0.05) is 44.0 Å². The predicted octanol–water partition coefficient (Wildman–Crippen LogP) is 3.94. The van der Waals surface area contributed by atoms with Gasteiger partial charge in [-0.2, -0.15) is 0 Å². The molecule has 6 heteroatoms. The van der Waals surface area contributed by atoms with Crippen molar-refractivity contribution in [3.63, 3.8) is 0 Å². The van der Waals surface area contributed by atoms with Gasteiger partial charge in [-0.25, -0.2) is 4.98 Å². The van der Waals surface area contributed by atoms with Crippen LogP contribution < -0.4 is 10.6 Å². The van der Waals surface area contributed by atoms with Crippen molar-refractivity contribution in [1.82, 2.24) is 15.6 Å². The molecule has 0 bridgehead atoms. The Kier molecular flexibility index (Phi) is 7.45. The molecule has 2 aromatic rings. The summed E-state index contributed by atoms with van der Waals surface area (Å²) in [6, 6.07) is 8.73. The van der Waals surface area contributed by atoms with E-state index < -0.39 is 0 Å². The van der Waals surface area contributed by atoms with Crippen LogP contribution in [0, 0.1) is 26.7 Å². The zero-order chi connectivity index (χ0) is 19.9. The Bertz CT molecular complexity index is 765. The third-order valence-electron chi connectivity index (χ3n) is 5.31. The van der Waals surface area contributed by atoms with Crippen molar-refractivity contribution in [1.29, 1.82) is 0 Å². The molecule has 0 amide bonds. The zero-order valence-corrected chi connectivity index (χ0v) is 18.2. The van der Waals surface area contributed by atoms with Gasteiger partial charge in [-0.05, 0) is 39.2 Å². The smallest absolute Gasteiger partial charge is 0.191 e. The minimum atomic E-state index is 0.154. The van der Waals surface area contributed by atoms with Crippen molar-refractivity contribution in [2.24, 2.45) is 10.9 Å². The lowest BCUT2D eigenvalue weighted by molar-refractivity contribution is -0.0265. The van der Waals surface area contributed by atoms with E-state index in [0.717, 1.165) is 44.2 Å². The number of hydrogen-bond acceptors (Lipinski definition) is 4. The van der Waals surface area contributed by atoms with Crippen LogP contribution in [-0.2, 0) is 11.2 Å². The number of hydrogen-bond donors (Lipinski definition) is 2. The van der Waals surface area contributed by atoms with Crippen LogP contribution in [0.5, 0.6) is 0 Å². The van der Waals surface area contributed by atoms with Crippen LogP contribution >= 0.6 is 11.3 Å². The highest BCUT2D eigenvalue weighted by Crippen LogP contribution is 2.33. The summed E-state index contributed by atoms with van der Waals surface area (Å²) in [7, 11) is 1.82. The van der Waals surface area contributed by atoms with Gasteiger partial charge < -0.3 is 15.4 Å². The Hall–Kier alpha value is -1.92. The van der Waals surface area contributed by atoms with Crippen molar-refractivity contribution >= 4 is 17.3 Å². The lowest BCUT2D eigenvalue weighted by atomic mass is 9.89. The van der Waals surface area contributed by atoms with E-state index in [1.807, 2.05) is 7.05 Å². The maximum Gasteiger partial charge on any atom is 0.191 e. The molecule has 2 N–H and O–H groups in total. The minimum Gasteiger partial charge on any atom is -0.373 e. The number of rotatable bonds is 6. The summed E-state index contributed by atoms with van der Waals surface area (Å²) in [5.41, 5.74) is 3.70. The molecule has 0 spiro atoms. The molecular formula is C22H32N4OS. The Morgan fingerprint density at radius 1 is 1.21 bits per heavy atom. The Morgan fingerprint density at radius 3 is 2.68 bits per heavy atom. The lowest BCUT2D eigenvalue weighted by Gasteiger charge is -2.32. The highest BCUT2D eigenvalue weighted by Gasteiger charge is 2.27. The van der Waals surface area contributed by atoms with Crippen molar-refractivity contribution in [3.8, 4) is 0 Å². The van der Waals surface area contributed by atoms with E-state index in [9.17, 15) is 0 Å². The Balaban J connectivity index is 1.50. The number of guanidine groups is 1. The molecule has 1 fully saturated rings. The second kappa shape index (κ2) is 10.0. The molecule has 2 atom stereocenters. The predicted molar refractivity (Wildman–Crippen MR) is 117 cm³/mol. The van der Waals surface area contributed by atoms with Crippen LogP contribution in [0.25, 0.3) is 0 Å². The van der Waals surface area contributed by atoms with E-state index >= 15 is 0 Å². The molecular weight excluding hydrogens is 368 g/mol. The summed E-state index contributed by atoms with van der Waals surface area (Å²) in [5.74, 6) is 1.29. The number of nitrogens with zero attached hydrogens (tertiary/aromatic N) is 2. The summed E-state index contributed by atoms with van der Waals surface area (Å²) in [6.45, 7) is 8.84. The van der Waals surface area contributed by atoms with Gasteiger partial charge in [-0.3, -0.25) is 4.99 Å². The molecule has 1 aliphatic rings. The quantitative estimate of drug-likeness (QED) is 0.569. The van der Waals surface area contributed by atoms with Gasteiger partial charge in [0.2, 0.25) is 0 Å². The minimum absolute atomic E-state index is 0.154. The maximum atomic E-state index is 6.13. The average Bonchev–Trinajstić information content (AvgIpc) is 3.03. The SMILES string of the molecule is CN=C(NCCc1nc(C)c(C)s1)NCC1CCCOC1c1ccc(C)cc1. The van der Waals surface area contributed by atoms with E-state index in [4.69, 9.17) is 4.74 Å². The second-order valence-corrected chi connectivity index (χ2v) is 8.77. The lowest BCUT2D eigenvalue weighted by Crippen LogP contribution is -2.42. The molecule has 1 saturated heterocycles. The van der Waals surface area contributed by atoms with Crippen LogP contribution in [0.1, 0.15) is 45.7 Å². The van der Waals surface area contributed by atoms with E-state index in [2.05, 4.69) is 65.6 Å². The first-order valence-corrected chi connectivity index (χ1v) is 10.9. The summed E-state index contributed by atoms with van der Waals surface area (Å²) < 4.78 is 6.13. The van der Waals surface area contributed by atoms with Crippen LogP contribution in [0.2, 0.25) is 0 Å². The van der Waals surface area contributed by atoms with Crippen LogP contribution in [0.4, 0.5) is 0 Å². The van der Waals surface area contributed by atoms with Crippen molar-refractivity contribution in [2.75, 3.05) is 26.7 Å². The fourth-order valence-electron chi connectivity index (χ4n) is 3.56. The van der Waals surface area contributed by atoms with Gasteiger partial charge in [-0.1, -0.05) is 29.8 Å². The largest absolute Gasteiger partial charge is 0.373 e. The molecule has 0 saturated carbocycles. The van der Waals surface area contributed by atoms with Gasteiger partial charge >= 0.3 is 0 Å². The standard InChI is InChI=1S/C22H32N4OS/c1-15-7-9-18(10-8-15)21-19(6-5-13-27-21)14-25-22(23-4)24-12-11-20-26-16(2)17(3)28-20/h7-10,19,21H,5-6,11-14H2,1-4H3,(H2,23,24,25). The van der Waals surface area contributed by atoms with Crippen molar-refractivity contribution in [2.45, 2.75) is 46.1 Å². The number of aromatic nitrogens is 1. The average molecular weight is 401 g/mol. The number of benzene rings is 1. The van der Waals surface area contributed by atoms with Crippen molar-refractivity contribution < 1.29 is 4.74 Å². The summed E-state index contributed by atoms with van der Waals surface area (Å²) >= 11 is 1.78. The number of thiazole rings is 1. The van der Waals surface area contributed by atoms with Gasteiger partial charge in [0.25, 0.3) is 0 Å². The highest BCUT2D eigenvalue weighted by molar-refractivity contribution is 7.11. The molecule has 1 aliphatic heterocycles. The van der Waals surface area contributed by atoms with Gasteiger partial charge in [0.15, 0.2) is 5.96 Å². The third kappa shape index (κ3) is 5.55. The number of aliphatic imine (C=N–C) groups is 1. The Labute approximate surface area is 172 Å². The number of ether oxygens (including phenoxy) is 1. The Morgan fingerprint density at radius 2 is 2.00 bits per heavy atom. The van der Waals surface area contributed by atoms with Crippen LogP contribution in [0.3, 0.4) is 0 Å². The molecule has 2 unspecified atom stereocenters. The monoisotopic (exact) mass is 400 g/mol. The third-order valence-corrected chi connectivity index (χ3v) is 6.44. The maximum absolute atomic E-state index is 6.13. The molecule has 2 heterocycles. The van der Waals surface area contributed by atoms with E-state index in [0.29, 0.717) is 5.92 Å². The van der Waals surface area contributed by atoms with Gasteiger partial charge in [0.05, 0.1) is 16.8 Å². The molecule has 28 heavy (non-hydrogen) atoms. The fourth-order valence-corrected chi connectivity index (χ4v) is 4.49. The molecule has 5 nitrogen and oxygen atoms in total. The zero-order valence-electron chi connectivity index (χ0n) is 17.4. The van der Waals surface area contributed by atoms with E-state index in [1.165, 1.54) is 27.4 Å². The first-order valence-electron chi connectivity index (χ1n) is 10.1. The molecule has 0 aliphatic carbocycles. The number of aryl methyl sites for hydroxylation is 3. The van der Waals surface area contributed by atoms with Crippen LogP contribution in [-0.4, -0.2) is 37.7 Å². The van der Waals surface area contributed by atoms with E-state index in [1.54, 1.807) is 11.3 Å². The molecule has 1 aromatic carbocycles. The molecule has 3 rings (SSSR count). The van der Waals surface area contributed by atoms with E-state index in [-0.39, 0.29) is 6.10 Å². The summed E-state index contributed by atoms with van der Waals surface area (Å²) in [5, 5.41) is 8.09. The second-order valence-electron chi connectivity index (χ2n) is 7.48. The topological polar surface area (TPSA) is 58.5 Å². The molecule has 0 radical (unpaired) electrons. The number of nitrogens with one attached hydrogen (secondary N) is 2. The van der Waals surface area contributed by atoms with Gasteiger partial charge in [0.1, 0.15) is 0 Å². The van der Waals surface area contributed by atoms with Gasteiger partial charge in [-0.15, -0.1) is 11.3 Å². The highest BCUT2D eigenvalue weighted by atomic mass is 32.1. The van der Waals surface area contributed by atoms with Crippen LogP contribution in [0.15, 0.2) is 29.3 Å².